The van der Waals surface area contributed by atoms with Gasteiger partial charge in [0.25, 0.3) is 0 Å². The van der Waals surface area contributed by atoms with E-state index in [4.69, 9.17) is 15.6 Å². The van der Waals surface area contributed by atoms with Crippen molar-refractivity contribution in [1.29, 1.82) is 0 Å². The highest BCUT2D eigenvalue weighted by atomic mass is 16.5. The van der Waals surface area contributed by atoms with E-state index < -0.39 is 5.97 Å². The lowest BCUT2D eigenvalue weighted by Crippen LogP contribution is -2.42. The second kappa shape index (κ2) is 6.44. The molecule has 1 aliphatic heterocycles. The Morgan fingerprint density at radius 3 is 2.50 bits per heavy atom. The maximum absolute atomic E-state index is 11.6. The second-order valence-corrected chi connectivity index (χ2v) is 3.83. The van der Waals surface area contributed by atoms with Crippen molar-refractivity contribution in [2.45, 2.75) is 12.8 Å². The molecule has 1 amide bonds. The van der Waals surface area contributed by atoms with Crippen LogP contribution in [0.2, 0.25) is 0 Å². The van der Waals surface area contributed by atoms with Crippen molar-refractivity contribution >= 4 is 11.9 Å². The standard InChI is InChI=1S/C10H18N2O4/c11-3-6-16-7-9(13)12-4-1-8(2-5-12)10(14)15/h8H,1-7,11H2,(H,14,15). The van der Waals surface area contributed by atoms with Crippen molar-refractivity contribution in [2.24, 2.45) is 11.7 Å². The summed E-state index contributed by atoms with van der Waals surface area (Å²) < 4.78 is 5.04. The Labute approximate surface area is 94.3 Å². The molecule has 0 atom stereocenters. The molecule has 1 aliphatic rings. The first-order valence-corrected chi connectivity index (χ1v) is 5.43. The van der Waals surface area contributed by atoms with Crippen molar-refractivity contribution in [1.82, 2.24) is 4.90 Å². The molecule has 0 spiro atoms. The minimum Gasteiger partial charge on any atom is -0.481 e. The van der Waals surface area contributed by atoms with Crippen molar-refractivity contribution in [3.8, 4) is 0 Å². The van der Waals surface area contributed by atoms with E-state index in [1.54, 1.807) is 4.90 Å². The summed E-state index contributed by atoms with van der Waals surface area (Å²) >= 11 is 0. The van der Waals surface area contributed by atoms with Gasteiger partial charge in [-0.15, -0.1) is 0 Å². The molecule has 0 unspecified atom stereocenters. The van der Waals surface area contributed by atoms with Gasteiger partial charge < -0.3 is 20.5 Å². The van der Waals surface area contributed by atoms with Crippen LogP contribution in [0.15, 0.2) is 0 Å². The third-order valence-corrected chi connectivity index (χ3v) is 2.68. The number of likely N-dealkylation sites (tertiary alicyclic amines) is 1. The molecule has 0 aromatic heterocycles. The van der Waals surface area contributed by atoms with E-state index in [0.717, 1.165) is 0 Å². The van der Waals surface area contributed by atoms with Gasteiger partial charge in [-0.25, -0.2) is 0 Å². The fourth-order valence-electron chi connectivity index (χ4n) is 1.71. The molecule has 6 heteroatoms. The van der Waals surface area contributed by atoms with Crippen molar-refractivity contribution < 1.29 is 19.4 Å². The summed E-state index contributed by atoms with van der Waals surface area (Å²) in [6, 6.07) is 0. The van der Waals surface area contributed by atoms with Gasteiger partial charge in [-0.1, -0.05) is 0 Å². The largest absolute Gasteiger partial charge is 0.481 e. The molecule has 0 bridgehead atoms. The number of carbonyl (C=O) groups is 2. The van der Waals surface area contributed by atoms with Crippen LogP contribution < -0.4 is 5.73 Å². The van der Waals surface area contributed by atoms with Gasteiger partial charge in [0, 0.05) is 19.6 Å². The number of hydrogen-bond acceptors (Lipinski definition) is 4. The van der Waals surface area contributed by atoms with Crippen LogP contribution in [-0.4, -0.2) is 54.7 Å². The third-order valence-electron chi connectivity index (χ3n) is 2.68. The highest BCUT2D eigenvalue weighted by molar-refractivity contribution is 5.78. The van der Waals surface area contributed by atoms with Crippen LogP contribution in [0.4, 0.5) is 0 Å². The highest BCUT2D eigenvalue weighted by Crippen LogP contribution is 2.17. The third kappa shape index (κ3) is 3.79. The fraction of sp³-hybridized carbons (Fsp3) is 0.800. The number of ether oxygens (including phenoxy) is 1. The van der Waals surface area contributed by atoms with Crippen LogP contribution >= 0.6 is 0 Å². The minimum absolute atomic E-state index is 0.0366. The van der Waals surface area contributed by atoms with Crippen molar-refractivity contribution in [3.05, 3.63) is 0 Å². The Morgan fingerprint density at radius 2 is 2.00 bits per heavy atom. The molecule has 1 rings (SSSR count). The Balaban J connectivity index is 2.25. The molecule has 1 saturated heterocycles. The molecular formula is C10H18N2O4. The number of nitrogens with zero attached hydrogens (tertiary/aromatic N) is 1. The summed E-state index contributed by atoms with van der Waals surface area (Å²) in [7, 11) is 0. The van der Waals surface area contributed by atoms with Crippen LogP contribution in [0.3, 0.4) is 0 Å². The van der Waals surface area contributed by atoms with Gasteiger partial charge in [0.05, 0.1) is 12.5 Å². The average molecular weight is 230 g/mol. The van der Waals surface area contributed by atoms with Crippen LogP contribution in [0, 0.1) is 5.92 Å². The van der Waals surface area contributed by atoms with E-state index in [-0.39, 0.29) is 18.4 Å². The molecule has 0 aromatic carbocycles. The number of piperidine rings is 1. The second-order valence-electron chi connectivity index (χ2n) is 3.83. The zero-order valence-electron chi connectivity index (χ0n) is 9.22. The van der Waals surface area contributed by atoms with Gasteiger partial charge >= 0.3 is 5.97 Å². The molecule has 0 aliphatic carbocycles. The van der Waals surface area contributed by atoms with E-state index in [1.165, 1.54) is 0 Å². The van der Waals surface area contributed by atoms with Crippen molar-refractivity contribution in [3.63, 3.8) is 0 Å². The Bertz CT molecular complexity index is 249. The van der Waals surface area contributed by atoms with Crippen LogP contribution in [0.5, 0.6) is 0 Å². The van der Waals surface area contributed by atoms with Gasteiger partial charge in [0.1, 0.15) is 6.61 Å². The minimum atomic E-state index is -0.772. The molecule has 0 aromatic rings. The summed E-state index contributed by atoms with van der Waals surface area (Å²) in [5.41, 5.74) is 5.23. The van der Waals surface area contributed by atoms with Gasteiger partial charge in [-0.2, -0.15) is 0 Å². The molecule has 1 heterocycles. The summed E-state index contributed by atoms with van der Waals surface area (Å²) in [5, 5.41) is 8.79. The van der Waals surface area contributed by atoms with Gasteiger partial charge in [0.15, 0.2) is 0 Å². The first kappa shape index (κ1) is 12.9. The van der Waals surface area contributed by atoms with Crippen molar-refractivity contribution in [2.75, 3.05) is 32.8 Å². The number of nitrogens with two attached hydrogens (primary N) is 1. The highest BCUT2D eigenvalue weighted by Gasteiger charge is 2.26. The lowest BCUT2D eigenvalue weighted by Gasteiger charge is -2.30. The summed E-state index contributed by atoms with van der Waals surface area (Å²) in [5.74, 6) is -1.17. The Kier molecular flexibility index (Phi) is 5.21. The zero-order valence-corrected chi connectivity index (χ0v) is 9.22. The zero-order chi connectivity index (χ0) is 12.0. The average Bonchev–Trinajstić information content (AvgIpc) is 2.29. The molecule has 0 radical (unpaired) electrons. The Morgan fingerprint density at radius 1 is 1.38 bits per heavy atom. The first-order chi connectivity index (χ1) is 7.65. The number of hydrogen-bond donors (Lipinski definition) is 2. The predicted octanol–water partition coefficient (Wildman–Crippen LogP) is -0.715. The van der Waals surface area contributed by atoms with Crippen LogP contribution in [-0.2, 0) is 14.3 Å². The van der Waals surface area contributed by atoms with E-state index in [9.17, 15) is 9.59 Å². The van der Waals surface area contributed by atoms with E-state index >= 15 is 0 Å². The number of carboxylic acid groups (broad SMARTS) is 1. The number of carbonyl (C=O) groups excluding carboxylic acids is 1. The first-order valence-electron chi connectivity index (χ1n) is 5.43. The number of aliphatic carboxylic acids is 1. The van der Waals surface area contributed by atoms with Crippen LogP contribution in [0.25, 0.3) is 0 Å². The van der Waals surface area contributed by atoms with Gasteiger partial charge in [0.2, 0.25) is 5.91 Å². The van der Waals surface area contributed by atoms with Gasteiger partial charge in [-0.05, 0) is 12.8 Å². The molecular weight excluding hydrogens is 212 g/mol. The maximum Gasteiger partial charge on any atom is 0.306 e. The summed E-state index contributed by atoms with van der Waals surface area (Å²) in [6.07, 6.45) is 1.05. The van der Waals surface area contributed by atoms with Crippen LogP contribution in [0.1, 0.15) is 12.8 Å². The number of carboxylic acids is 1. The summed E-state index contributed by atoms with van der Waals surface area (Å²) in [4.78, 5) is 23.9. The maximum atomic E-state index is 11.6. The SMILES string of the molecule is NCCOCC(=O)N1CCC(C(=O)O)CC1. The topological polar surface area (TPSA) is 92.9 Å². The molecule has 1 fully saturated rings. The smallest absolute Gasteiger partial charge is 0.306 e. The van der Waals surface area contributed by atoms with E-state index in [1.807, 2.05) is 0 Å². The molecule has 0 saturated carbocycles. The molecule has 92 valence electrons. The lowest BCUT2D eigenvalue weighted by atomic mass is 9.97. The van der Waals surface area contributed by atoms with E-state index in [0.29, 0.717) is 39.1 Å². The predicted molar refractivity (Wildman–Crippen MR) is 56.8 cm³/mol. The fourth-order valence-corrected chi connectivity index (χ4v) is 1.71. The lowest BCUT2D eigenvalue weighted by molar-refractivity contribution is -0.146. The number of rotatable bonds is 5. The quantitative estimate of drug-likeness (QED) is 0.608. The van der Waals surface area contributed by atoms with E-state index in [2.05, 4.69) is 0 Å². The molecule has 6 nitrogen and oxygen atoms in total. The number of amides is 1. The molecule has 3 N–H and O–H groups in total. The Hall–Kier alpha value is -1.14. The summed E-state index contributed by atoms with van der Waals surface area (Å²) in [6.45, 7) is 1.81. The molecule has 16 heavy (non-hydrogen) atoms. The monoisotopic (exact) mass is 230 g/mol. The normalized spacial score (nSPS) is 17.4. The van der Waals surface area contributed by atoms with Gasteiger partial charge in [-0.3, -0.25) is 9.59 Å².